The second-order valence-electron chi connectivity index (χ2n) is 13.7. The molecule has 13 heteroatoms. The summed E-state index contributed by atoms with van der Waals surface area (Å²) in [4.78, 5) is 38.9. The first-order chi connectivity index (χ1) is 23.4. The van der Waals surface area contributed by atoms with Crippen LogP contribution in [0.4, 0.5) is 0 Å². The van der Waals surface area contributed by atoms with E-state index in [0.717, 1.165) is 0 Å². The maximum Gasteiger partial charge on any atom is 0.333 e. The molecule has 0 saturated carbocycles. The number of rotatable bonds is 12. The van der Waals surface area contributed by atoms with Gasteiger partial charge in [0.05, 0.1) is 12.2 Å². The Balaban J connectivity index is 2.10. The van der Waals surface area contributed by atoms with Crippen LogP contribution in [-0.2, 0) is 42.8 Å². The number of allylic oxidation sites excluding steroid dienone is 2. The summed E-state index contributed by atoms with van der Waals surface area (Å²) in [5, 5.41) is 33.5. The van der Waals surface area contributed by atoms with Gasteiger partial charge in [-0.3, -0.25) is 4.79 Å². The van der Waals surface area contributed by atoms with Crippen molar-refractivity contribution in [2.75, 3.05) is 0 Å². The number of phenols is 1. The standard InChI is InChI=1S/C37H54O13/c1-12-19(7)34(42)47-29-22(10)44-36(28(41)27(29)40)50-32-30(48-35(43)20(8)13-2)23(11)45-37(33(32)46-25(38)16-17(3)4)49-31-24(18(5)6)15-14-21(9)26(31)39/h12-15,17-18,22-23,27-30,32-33,36-37,39-41H,16H2,1-11H3/b19-12-,20-13-/t22-,23-,27-,28-,29+,30+,32+,33-,36+,37+/m1/s1. The Kier molecular flexibility index (Phi) is 14.4. The van der Waals surface area contributed by atoms with Gasteiger partial charge in [-0.2, -0.15) is 0 Å². The first-order valence-corrected chi connectivity index (χ1v) is 17.1. The topological polar surface area (TPSA) is 177 Å². The van der Waals surface area contributed by atoms with Crippen LogP contribution >= 0.6 is 0 Å². The van der Waals surface area contributed by atoms with E-state index in [9.17, 15) is 29.7 Å². The van der Waals surface area contributed by atoms with Crippen molar-refractivity contribution in [1.29, 1.82) is 0 Å². The maximum absolute atomic E-state index is 13.3. The lowest BCUT2D eigenvalue weighted by Gasteiger charge is -2.47. The van der Waals surface area contributed by atoms with E-state index in [1.165, 1.54) is 6.92 Å². The number of carbonyl (C=O) groups is 3. The third kappa shape index (κ3) is 9.64. The molecule has 0 unspecified atom stereocenters. The number of aryl methyl sites for hydroxylation is 1. The number of hydrogen-bond acceptors (Lipinski definition) is 13. The Morgan fingerprint density at radius 3 is 1.88 bits per heavy atom. The lowest BCUT2D eigenvalue weighted by Crippen LogP contribution is -2.65. The highest BCUT2D eigenvalue weighted by atomic mass is 16.8. The Hall–Kier alpha value is -3.49. The number of aliphatic hydroxyl groups excluding tert-OH is 2. The molecule has 1 aromatic rings. The van der Waals surface area contributed by atoms with E-state index < -0.39 is 79.3 Å². The van der Waals surface area contributed by atoms with Crippen molar-refractivity contribution >= 4 is 17.9 Å². The number of esters is 3. The van der Waals surface area contributed by atoms with Gasteiger partial charge < -0.3 is 48.5 Å². The van der Waals surface area contributed by atoms with Crippen LogP contribution < -0.4 is 4.74 Å². The van der Waals surface area contributed by atoms with Crippen molar-refractivity contribution in [3.63, 3.8) is 0 Å². The molecule has 0 bridgehead atoms. The summed E-state index contributed by atoms with van der Waals surface area (Å²) in [6.07, 6.45) is -10.5. The highest BCUT2D eigenvalue weighted by Gasteiger charge is 2.55. The van der Waals surface area contributed by atoms with Gasteiger partial charge in [0, 0.05) is 23.1 Å². The quantitative estimate of drug-likeness (QED) is 0.157. The van der Waals surface area contributed by atoms with Crippen LogP contribution in [0.3, 0.4) is 0 Å². The molecule has 1 aromatic carbocycles. The first-order valence-electron chi connectivity index (χ1n) is 17.1. The molecular weight excluding hydrogens is 652 g/mol. The molecular formula is C37H54O13. The zero-order chi connectivity index (χ0) is 37.6. The molecule has 0 aromatic heterocycles. The smallest absolute Gasteiger partial charge is 0.333 e. The van der Waals surface area contributed by atoms with Crippen LogP contribution in [0.2, 0.25) is 0 Å². The van der Waals surface area contributed by atoms with E-state index in [1.54, 1.807) is 59.8 Å². The molecule has 0 spiro atoms. The molecule has 0 radical (unpaired) electrons. The number of carbonyl (C=O) groups excluding carboxylic acids is 3. The SMILES string of the molecule is C/C=C(/C)C(=O)O[C@@H]1[C@H](O)[C@@H](O)[C@H](O[C@H]2[C@@H](OC(=O)/C(C)=C\C)[C@@H](C)O[C@@H](Oc3c(C(C)C)ccc(C)c3O)[C@@H]2OC(=O)CC(C)C)O[C@@H]1C. The second kappa shape index (κ2) is 17.6. The van der Waals surface area contributed by atoms with Crippen LogP contribution in [-0.4, -0.2) is 94.6 Å². The van der Waals surface area contributed by atoms with Crippen LogP contribution in [0.1, 0.15) is 92.7 Å². The maximum atomic E-state index is 13.3. The van der Waals surface area contributed by atoms with Gasteiger partial charge in [0.2, 0.25) is 6.29 Å². The summed E-state index contributed by atoms with van der Waals surface area (Å²) >= 11 is 0. The van der Waals surface area contributed by atoms with Crippen LogP contribution in [0, 0.1) is 12.8 Å². The van der Waals surface area contributed by atoms with Crippen molar-refractivity contribution in [3.8, 4) is 11.5 Å². The number of ether oxygens (including phenoxy) is 7. The molecule has 10 atom stereocenters. The fourth-order valence-electron chi connectivity index (χ4n) is 5.53. The summed E-state index contributed by atoms with van der Waals surface area (Å²) in [5.74, 6) is -2.23. The second-order valence-corrected chi connectivity index (χ2v) is 13.7. The number of phenolic OH excluding ortho intramolecular Hbond substituents is 1. The van der Waals surface area contributed by atoms with Crippen molar-refractivity contribution < 1.29 is 62.9 Å². The van der Waals surface area contributed by atoms with Gasteiger partial charge in [-0.05, 0) is 65.9 Å². The predicted molar refractivity (Wildman–Crippen MR) is 181 cm³/mol. The van der Waals surface area contributed by atoms with Crippen molar-refractivity contribution in [2.45, 2.75) is 150 Å². The Bertz CT molecular complexity index is 1420. The molecule has 280 valence electrons. The zero-order valence-corrected chi connectivity index (χ0v) is 30.9. The van der Waals surface area contributed by atoms with Gasteiger partial charge in [-0.15, -0.1) is 0 Å². The van der Waals surface area contributed by atoms with Crippen molar-refractivity contribution in [1.82, 2.24) is 0 Å². The number of aliphatic hydroxyl groups is 2. The monoisotopic (exact) mass is 706 g/mol. The fourth-order valence-corrected chi connectivity index (χ4v) is 5.53. The zero-order valence-electron chi connectivity index (χ0n) is 30.9. The van der Waals surface area contributed by atoms with Gasteiger partial charge in [-0.1, -0.05) is 52.0 Å². The number of hydrogen-bond donors (Lipinski definition) is 3. The van der Waals surface area contributed by atoms with Gasteiger partial charge >= 0.3 is 17.9 Å². The Morgan fingerprint density at radius 1 is 0.800 bits per heavy atom. The van der Waals surface area contributed by atoms with Crippen molar-refractivity contribution in [3.05, 3.63) is 46.6 Å². The third-order valence-electron chi connectivity index (χ3n) is 8.85. The van der Waals surface area contributed by atoms with Gasteiger partial charge in [-0.25, -0.2) is 9.59 Å². The lowest BCUT2D eigenvalue weighted by atomic mass is 9.96. The van der Waals surface area contributed by atoms with E-state index >= 15 is 0 Å². The minimum Gasteiger partial charge on any atom is -0.504 e. The highest BCUT2D eigenvalue weighted by Crippen LogP contribution is 2.41. The van der Waals surface area contributed by atoms with Gasteiger partial charge in [0.15, 0.2) is 36.1 Å². The molecule has 13 nitrogen and oxygen atoms in total. The van der Waals surface area contributed by atoms with Gasteiger partial charge in [0.25, 0.3) is 0 Å². The largest absolute Gasteiger partial charge is 0.504 e. The molecule has 2 aliphatic heterocycles. The summed E-state index contributed by atoms with van der Waals surface area (Å²) < 4.78 is 42.2. The Labute approximate surface area is 294 Å². The van der Waals surface area contributed by atoms with E-state index in [1.807, 2.05) is 33.8 Å². The fraction of sp³-hybridized carbons (Fsp3) is 0.649. The summed E-state index contributed by atoms with van der Waals surface area (Å²) in [6.45, 7) is 18.8. The normalized spacial score (nSPS) is 30.6. The summed E-state index contributed by atoms with van der Waals surface area (Å²) in [6, 6.07) is 3.57. The molecule has 0 aliphatic carbocycles. The molecule has 2 aliphatic rings. The number of benzene rings is 1. The average Bonchev–Trinajstić information content (AvgIpc) is 3.05. The van der Waals surface area contributed by atoms with E-state index in [-0.39, 0.29) is 35.3 Å². The lowest BCUT2D eigenvalue weighted by molar-refractivity contribution is -0.348. The van der Waals surface area contributed by atoms with Crippen LogP contribution in [0.5, 0.6) is 11.5 Å². The molecule has 2 heterocycles. The summed E-state index contributed by atoms with van der Waals surface area (Å²) in [5.41, 5.74) is 1.77. The summed E-state index contributed by atoms with van der Waals surface area (Å²) in [7, 11) is 0. The molecule has 3 rings (SSSR count). The first kappa shape index (κ1) is 40.9. The molecule has 50 heavy (non-hydrogen) atoms. The van der Waals surface area contributed by atoms with Gasteiger partial charge in [0.1, 0.15) is 18.3 Å². The minimum atomic E-state index is -1.76. The number of aromatic hydroxyl groups is 1. The molecule has 2 saturated heterocycles. The third-order valence-corrected chi connectivity index (χ3v) is 8.85. The molecule has 3 N–H and O–H groups in total. The minimum absolute atomic E-state index is 0.0114. The van der Waals surface area contributed by atoms with E-state index in [0.29, 0.717) is 16.7 Å². The average molecular weight is 707 g/mol. The highest BCUT2D eigenvalue weighted by molar-refractivity contribution is 5.88. The molecule has 2 fully saturated rings. The van der Waals surface area contributed by atoms with Crippen molar-refractivity contribution in [2.24, 2.45) is 5.92 Å². The van der Waals surface area contributed by atoms with Crippen LogP contribution in [0.25, 0.3) is 0 Å². The predicted octanol–water partition coefficient (Wildman–Crippen LogP) is 4.51. The van der Waals surface area contributed by atoms with Crippen LogP contribution in [0.15, 0.2) is 35.4 Å². The Morgan fingerprint density at radius 2 is 1.34 bits per heavy atom. The van der Waals surface area contributed by atoms with E-state index in [2.05, 4.69) is 0 Å². The molecule has 0 amide bonds. The van der Waals surface area contributed by atoms with E-state index in [4.69, 9.17) is 33.2 Å².